The van der Waals surface area contributed by atoms with Crippen LogP contribution < -0.4 is 10.6 Å². The quantitative estimate of drug-likeness (QED) is 0.188. The third kappa shape index (κ3) is 5.20. The van der Waals surface area contributed by atoms with E-state index in [2.05, 4.69) is 47.7 Å². The van der Waals surface area contributed by atoms with Crippen LogP contribution in [0, 0.1) is 5.82 Å². The lowest BCUT2D eigenvalue weighted by Crippen LogP contribution is -2.12. The second-order valence-corrected chi connectivity index (χ2v) is 10.7. The van der Waals surface area contributed by atoms with Gasteiger partial charge in [-0.1, -0.05) is 43.7 Å². The number of halogens is 3. The monoisotopic (exact) mass is 601 g/mol. The van der Waals surface area contributed by atoms with Gasteiger partial charge in [-0.15, -0.1) is 0 Å². The van der Waals surface area contributed by atoms with Crippen molar-refractivity contribution in [3.63, 3.8) is 0 Å². The summed E-state index contributed by atoms with van der Waals surface area (Å²) in [6.07, 6.45) is 15.0. The summed E-state index contributed by atoms with van der Waals surface area (Å²) in [5.74, 6) is 0.195. The van der Waals surface area contributed by atoms with E-state index in [0.717, 1.165) is 11.2 Å². The lowest BCUT2D eigenvalue weighted by Gasteiger charge is -2.15. The van der Waals surface area contributed by atoms with Crippen LogP contribution in [0.3, 0.4) is 0 Å². The number of nitrogens with one attached hydrogen (secondary N) is 2. The molecule has 3 heterocycles. The molecule has 1 atom stereocenters. The lowest BCUT2D eigenvalue weighted by molar-refractivity contribution is 0.630. The van der Waals surface area contributed by atoms with Crippen molar-refractivity contribution in [2.75, 3.05) is 17.7 Å². The first-order valence-electron chi connectivity index (χ1n) is 11.0. The van der Waals surface area contributed by atoms with Gasteiger partial charge in [0.1, 0.15) is 17.0 Å². The molecule has 0 radical (unpaired) electrons. The number of imidazole rings is 1. The Labute approximate surface area is 212 Å². The van der Waals surface area contributed by atoms with Crippen molar-refractivity contribution in [2.45, 2.75) is 52.0 Å². The minimum Gasteiger partial charge on any atom is -0.379 e. The highest BCUT2D eigenvalue weighted by molar-refractivity contribution is 14.2. The van der Waals surface area contributed by atoms with Gasteiger partial charge in [0.25, 0.3) is 0 Å². The van der Waals surface area contributed by atoms with E-state index in [1.165, 1.54) is 32.1 Å². The summed E-state index contributed by atoms with van der Waals surface area (Å²) in [4.78, 5) is 8.87. The van der Waals surface area contributed by atoms with Crippen LogP contribution in [-0.2, 0) is 0 Å². The first kappa shape index (κ1) is 24.4. The maximum Gasteiger partial charge on any atom is 0.167 e. The van der Waals surface area contributed by atoms with Crippen molar-refractivity contribution >= 4 is 68.1 Å². The van der Waals surface area contributed by atoms with Gasteiger partial charge in [0.15, 0.2) is 11.5 Å². The molecule has 0 spiro atoms. The van der Waals surface area contributed by atoms with Crippen molar-refractivity contribution in [1.82, 2.24) is 23.9 Å². The Morgan fingerprint density at radius 2 is 1.85 bits per heavy atom. The molecule has 1 saturated carbocycles. The molecule has 33 heavy (non-hydrogen) atoms. The average Bonchev–Trinajstić information content (AvgIpc) is 3.57. The summed E-state index contributed by atoms with van der Waals surface area (Å²) < 4.78 is 18.8. The number of hydrogen-bond acceptors (Lipinski definition) is 5. The molecule has 1 aliphatic rings. The predicted molar refractivity (Wildman–Crippen MR) is 146 cm³/mol. The van der Waals surface area contributed by atoms with Gasteiger partial charge in [0, 0.05) is 36.4 Å². The Morgan fingerprint density at radius 3 is 2.45 bits per heavy atom. The van der Waals surface area contributed by atoms with E-state index in [0.29, 0.717) is 34.5 Å². The van der Waals surface area contributed by atoms with Crippen molar-refractivity contribution in [3.05, 3.63) is 35.6 Å². The molecule has 1 unspecified atom stereocenters. The first-order chi connectivity index (χ1) is 15.9. The van der Waals surface area contributed by atoms with Gasteiger partial charge < -0.3 is 15.0 Å². The number of aromatic nitrogens is 5. The maximum absolute atomic E-state index is 15.2. The molecule has 0 saturated heterocycles. The van der Waals surface area contributed by atoms with Gasteiger partial charge in [0.2, 0.25) is 0 Å². The summed E-state index contributed by atoms with van der Waals surface area (Å²) in [6.45, 7) is 3.89. The number of hydrogen-bond donors (Lipinski definition) is 2. The molecular formula is C22H27ClFIN7P. The summed E-state index contributed by atoms with van der Waals surface area (Å²) >= 11 is 8.74. The molecule has 7 nitrogen and oxygen atoms in total. The second kappa shape index (κ2) is 10.7. The summed E-state index contributed by atoms with van der Waals surface area (Å²) in [7, 11) is 1.80. The van der Waals surface area contributed by atoms with Crippen LogP contribution in [0.25, 0.3) is 27.8 Å². The molecule has 1 aromatic carbocycles. The van der Waals surface area contributed by atoms with Crippen molar-refractivity contribution in [2.24, 2.45) is 0 Å². The molecule has 0 amide bonds. The van der Waals surface area contributed by atoms with Gasteiger partial charge >= 0.3 is 0 Å². The van der Waals surface area contributed by atoms with E-state index in [9.17, 15) is 0 Å². The highest BCUT2D eigenvalue weighted by Crippen LogP contribution is 2.42. The zero-order valence-corrected chi connectivity index (χ0v) is 22.7. The van der Waals surface area contributed by atoms with Gasteiger partial charge in [0.05, 0.1) is 29.5 Å². The van der Waals surface area contributed by atoms with E-state index < -0.39 is 5.82 Å². The van der Waals surface area contributed by atoms with Crippen LogP contribution in [0.15, 0.2) is 24.8 Å². The fourth-order valence-corrected chi connectivity index (χ4v) is 5.28. The Hall–Kier alpha value is -1.71. The molecule has 2 N–H and O–H groups in total. The molecule has 1 aliphatic carbocycles. The smallest absolute Gasteiger partial charge is 0.167 e. The predicted octanol–water partition coefficient (Wildman–Crippen LogP) is 7.14. The van der Waals surface area contributed by atoms with Gasteiger partial charge in [-0.05, 0) is 35.9 Å². The van der Waals surface area contributed by atoms with Gasteiger partial charge in [-0.3, -0.25) is 4.98 Å². The standard InChI is InChI=1S/C17H17ClFIN7P.C5H10/c1-8(2)23-17-15(19)14(18)13(9-5-27(28-20)25-16(9)17)10-6-26-7-11(21-3)24-12(26)4-22-10;1-2-4-5-3-1/h4-8,21,23,28H,1-3H3;1-5H2. The Bertz CT molecular complexity index is 1260. The van der Waals surface area contributed by atoms with Crippen molar-refractivity contribution in [1.29, 1.82) is 0 Å². The van der Waals surface area contributed by atoms with E-state index in [1.807, 2.05) is 30.6 Å². The fraction of sp³-hybridized carbons (Fsp3) is 0.409. The normalized spacial score (nSPS) is 13.9. The molecule has 176 valence electrons. The van der Waals surface area contributed by atoms with Gasteiger partial charge in [-0.25, -0.2) is 13.8 Å². The van der Waals surface area contributed by atoms with Crippen molar-refractivity contribution in [3.8, 4) is 11.3 Å². The average molecular weight is 602 g/mol. The van der Waals surface area contributed by atoms with Gasteiger partial charge in [-0.2, -0.15) is 5.10 Å². The Kier molecular flexibility index (Phi) is 7.91. The van der Waals surface area contributed by atoms with Crippen LogP contribution in [0.5, 0.6) is 0 Å². The van der Waals surface area contributed by atoms with E-state index in [-0.39, 0.29) is 11.1 Å². The molecular weight excluding hydrogens is 575 g/mol. The molecule has 0 aliphatic heterocycles. The third-order valence-electron chi connectivity index (χ3n) is 5.48. The second-order valence-electron chi connectivity index (χ2n) is 8.28. The van der Waals surface area contributed by atoms with E-state index >= 15 is 4.39 Å². The topological polar surface area (TPSA) is 72.1 Å². The summed E-state index contributed by atoms with van der Waals surface area (Å²) in [5, 5.41) is 11.5. The highest BCUT2D eigenvalue weighted by Gasteiger charge is 2.24. The number of fused-ring (bicyclic) bond motifs is 2. The minimum absolute atomic E-state index is 0.0211. The molecule has 5 rings (SSSR count). The Balaban J connectivity index is 0.000000459. The van der Waals surface area contributed by atoms with Crippen LogP contribution >= 0.6 is 40.0 Å². The molecule has 0 bridgehead atoms. The molecule has 11 heteroatoms. The zero-order valence-electron chi connectivity index (χ0n) is 18.8. The zero-order chi connectivity index (χ0) is 23.5. The molecule has 1 fully saturated rings. The van der Waals surface area contributed by atoms with Crippen LogP contribution in [0.1, 0.15) is 46.0 Å². The third-order valence-corrected chi connectivity index (χ3v) is 7.72. The van der Waals surface area contributed by atoms with Crippen molar-refractivity contribution < 1.29 is 4.39 Å². The number of benzene rings is 1. The lowest BCUT2D eigenvalue weighted by atomic mass is 10.1. The summed E-state index contributed by atoms with van der Waals surface area (Å²) in [6, 6.07) is 0.0344. The molecule has 4 aromatic rings. The van der Waals surface area contributed by atoms with Crippen LogP contribution in [-0.4, -0.2) is 37.0 Å². The fourth-order valence-electron chi connectivity index (χ4n) is 3.93. The van der Waals surface area contributed by atoms with E-state index in [1.54, 1.807) is 23.9 Å². The SMILES string of the molecule is C1CCCC1.CNc1cn2cc(-c3c(Cl)c(F)c(NC(C)C)c4nn(PI)cc34)ncc2n1. The highest BCUT2D eigenvalue weighted by atomic mass is 127. The first-order valence-corrected chi connectivity index (χ1v) is 15.4. The van der Waals surface area contributed by atoms with Crippen LogP contribution in [0.4, 0.5) is 15.9 Å². The maximum atomic E-state index is 15.2. The summed E-state index contributed by atoms with van der Waals surface area (Å²) in [5.41, 5.74) is 2.61. The molecule has 3 aromatic heterocycles. The van der Waals surface area contributed by atoms with Crippen LogP contribution in [0.2, 0.25) is 5.02 Å². The number of nitrogens with zero attached hydrogens (tertiary/aromatic N) is 5. The Morgan fingerprint density at radius 1 is 1.15 bits per heavy atom. The van der Waals surface area contributed by atoms with E-state index in [4.69, 9.17) is 11.6 Å². The number of anilines is 2. The number of rotatable bonds is 5. The largest absolute Gasteiger partial charge is 0.379 e. The minimum atomic E-state index is -0.525.